The summed E-state index contributed by atoms with van der Waals surface area (Å²) in [6.07, 6.45) is 1.02. The minimum absolute atomic E-state index is 0.00435. The molecule has 104 valence electrons. The van der Waals surface area contributed by atoms with E-state index in [1.54, 1.807) is 19.9 Å². The summed E-state index contributed by atoms with van der Waals surface area (Å²) in [6, 6.07) is 5.55. The maximum Gasteiger partial charge on any atom is 0.159 e. The number of benzene rings is 1. The predicted molar refractivity (Wildman–Crippen MR) is 78.9 cm³/mol. The van der Waals surface area contributed by atoms with E-state index in [2.05, 4.69) is 27.7 Å². The molecule has 0 saturated carbocycles. The Morgan fingerprint density at radius 2 is 1.42 bits per heavy atom. The molecule has 0 radical (unpaired) electrons. The molecule has 0 aromatic heterocycles. The summed E-state index contributed by atoms with van der Waals surface area (Å²) in [5.41, 5.74) is 2.28. The van der Waals surface area contributed by atoms with Crippen LogP contribution in [0.1, 0.15) is 74.2 Å². The van der Waals surface area contributed by atoms with Crippen LogP contribution in [0, 0.1) is 5.92 Å². The SMILES string of the molecule is CC(=O)c1cc(C(C)=O)cc(C(C)(C)CC(C)C)c1. The lowest BCUT2D eigenvalue weighted by Crippen LogP contribution is -2.21. The maximum atomic E-state index is 11.6. The Morgan fingerprint density at radius 1 is 1.00 bits per heavy atom. The predicted octanol–water partition coefficient (Wildman–Crippen LogP) is 4.42. The monoisotopic (exact) mass is 260 g/mol. The summed E-state index contributed by atoms with van der Waals surface area (Å²) >= 11 is 0. The molecule has 19 heavy (non-hydrogen) atoms. The van der Waals surface area contributed by atoms with Gasteiger partial charge in [-0.3, -0.25) is 9.59 Å². The van der Waals surface area contributed by atoms with Crippen molar-refractivity contribution in [1.29, 1.82) is 0 Å². The summed E-state index contributed by atoms with van der Waals surface area (Å²) < 4.78 is 0. The Hall–Kier alpha value is -1.44. The molecule has 0 spiro atoms. The zero-order valence-electron chi connectivity index (χ0n) is 12.8. The number of carbonyl (C=O) groups excluding carboxylic acids is 2. The molecule has 0 atom stereocenters. The fourth-order valence-corrected chi connectivity index (χ4v) is 2.56. The molecule has 0 bridgehead atoms. The number of carbonyl (C=O) groups is 2. The fraction of sp³-hybridized carbons (Fsp3) is 0.529. The largest absolute Gasteiger partial charge is 0.295 e. The second-order valence-corrected chi connectivity index (χ2v) is 6.39. The van der Waals surface area contributed by atoms with Gasteiger partial charge in [0.2, 0.25) is 0 Å². The van der Waals surface area contributed by atoms with E-state index >= 15 is 0 Å². The number of hydrogen-bond acceptors (Lipinski definition) is 2. The summed E-state index contributed by atoms with van der Waals surface area (Å²) in [4.78, 5) is 23.2. The molecule has 1 aromatic rings. The summed E-state index contributed by atoms with van der Waals surface area (Å²) in [7, 11) is 0. The fourth-order valence-electron chi connectivity index (χ4n) is 2.56. The first-order valence-corrected chi connectivity index (χ1v) is 6.81. The van der Waals surface area contributed by atoms with Gasteiger partial charge in [-0.15, -0.1) is 0 Å². The van der Waals surface area contributed by atoms with Gasteiger partial charge in [-0.25, -0.2) is 0 Å². The lowest BCUT2D eigenvalue weighted by molar-refractivity contribution is 0.101. The van der Waals surface area contributed by atoms with Crippen molar-refractivity contribution < 1.29 is 9.59 Å². The molecule has 1 aromatic carbocycles. The van der Waals surface area contributed by atoms with E-state index in [4.69, 9.17) is 0 Å². The number of Topliss-reactive ketones (excluding diaryl/α,β-unsaturated/α-hetero) is 2. The van der Waals surface area contributed by atoms with Gasteiger partial charge in [0.1, 0.15) is 0 Å². The quantitative estimate of drug-likeness (QED) is 0.735. The highest BCUT2D eigenvalue weighted by molar-refractivity contribution is 6.00. The summed E-state index contributed by atoms with van der Waals surface area (Å²) in [5, 5.41) is 0. The molecular weight excluding hydrogens is 236 g/mol. The minimum atomic E-state index is -0.0379. The van der Waals surface area contributed by atoms with Gasteiger partial charge < -0.3 is 0 Å². The van der Waals surface area contributed by atoms with E-state index in [0.29, 0.717) is 17.0 Å². The molecule has 0 unspecified atom stereocenters. The lowest BCUT2D eigenvalue weighted by Gasteiger charge is -2.28. The van der Waals surface area contributed by atoms with Crippen molar-refractivity contribution >= 4 is 11.6 Å². The van der Waals surface area contributed by atoms with Crippen LogP contribution in [0.3, 0.4) is 0 Å². The van der Waals surface area contributed by atoms with Crippen molar-refractivity contribution in [3.05, 3.63) is 34.9 Å². The van der Waals surface area contributed by atoms with Crippen molar-refractivity contribution in [3.8, 4) is 0 Å². The van der Waals surface area contributed by atoms with Gasteiger partial charge in [-0.1, -0.05) is 27.7 Å². The van der Waals surface area contributed by atoms with Crippen molar-refractivity contribution in [3.63, 3.8) is 0 Å². The zero-order valence-corrected chi connectivity index (χ0v) is 12.8. The zero-order chi connectivity index (χ0) is 14.8. The Bertz CT molecular complexity index is 464. The number of hydrogen-bond donors (Lipinski definition) is 0. The van der Waals surface area contributed by atoms with Crippen LogP contribution in [0.25, 0.3) is 0 Å². The molecule has 0 aliphatic heterocycles. The minimum Gasteiger partial charge on any atom is -0.295 e. The first kappa shape index (κ1) is 15.6. The topological polar surface area (TPSA) is 34.1 Å². The molecule has 1 rings (SSSR count). The van der Waals surface area contributed by atoms with Gasteiger partial charge in [0.15, 0.2) is 11.6 Å². The van der Waals surface area contributed by atoms with E-state index in [9.17, 15) is 9.59 Å². The van der Waals surface area contributed by atoms with E-state index in [1.165, 1.54) is 0 Å². The van der Waals surface area contributed by atoms with Gasteiger partial charge in [0.05, 0.1) is 0 Å². The Morgan fingerprint density at radius 3 is 1.74 bits per heavy atom. The summed E-state index contributed by atoms with van der Waals surface area (Å²) in [6.45, 7) is 11.8. The van der Waals surface area contributed by atoms with Gasteiger partial charge >= 0.3 is 0 Å². The van der Waals surface area contributed by atoms with Gasteiger partial charge in [-0.2, -0.15) is 0 Å². The number of rotatable bonds is 5. The van der Waals surface area contributed by atoms with Crippen LogP contribution >= 0.6 is 0 Å². The summed E-state index contributed by atoms with van der Waals surface area (Å²) in [5.74, 6) is 0.575. The van der Waals surface area contributed by atoms with Crippen LogP contribution in [-0.4, -0.2) is 11.6 Å². The average molecular weight is 260 g/mol. The molecule has 0 fully saturated rings. The molecule has 0 aliphatic carbocycles. The Balaban J connectivity index is 3.34. The van der Waals surface area contributed by atoms with Crippen LogP contribution in [0.5, 0.6) is 0 Å². The second kappa shape index (κ2) is 5.68. The third kappa shape index (κ3) is 4.02. The third-order valence-electron chi connectivity index (χ3n) is 3.45. The van der Waals surface area contributed by atoms with Crippen LogP contribution in [0.2, 0.25) is 0 Å². The molecule has 0 saturated heterocycles. The average Bonchev–Trinajstić information content (AvgIpc) is 2.26. The smallest absolute Gasteiger partial charge is 0.159 e. The van der Waals surface area contributed by atoms with Gasteiger partial charge in [-0.05, 0) is 55.4 Å². The van der Waals surface area contributed by atoms with Crippen molar-refractivity contribution in [2.45, 2.75) is 53.4 Å². The highest BCUT2D eigenvalue weighted by atomic mass is 16.1. The second-order valence-electron chi connectivity index (χ2n) is 6.39. The Labute approximate surface area is 116 Å². The van der Waals surface area contributed by atoms with Crippen molar-refractivity contribution in [2.24, 2.45) is 5.92 Å². The maximum absolute atomic E-state index is 11.6. The molecule has 0 N–H and O–H groups in total. The molecule has 0 aliphatic rings. The lowest BCUT2D eigenvalue weighted by atomic mass is 9.76. The van der Waals surface area contributed by atoms with Crippen LogP contribution < -0.4 is 0 Å². The standard InChI is InChI=1S/C17H24O2/c1-11(2)10-17(5,6)16-8-14(12(3)18)7-15(9-16)13(4)19/h7-9,11H,10H2,1-6H3. The first-order chi connectivity index (χ1) is 8.63. The van der Waals surface area contributed by atoms with E-state index in [-0.39, 0.29) is 17.0 Å². The first-order valence-electron chi connectivity index (χ1n) is 6.81. The molecular formula is C17H24O2. The normalized spacial score (nSPS) is 11.7. The van der Waals surface area contributed by atoms with Crippen LogP contribution in [-0.2, 0) is 5.41 Å². The highest BCUT2D eigenvalue weighted by Crippen LogP contribution is 2.32. The van der Waals surface area contributed by atoms with Gasteiger partial charge in [0.25, 0.3) is 0 Å². The molecule has 0 heterocycles. The number of ketones is 2. The van der Waals surface area contributed by atoms with Crippen molar-refractivity contribution in [2.75, 3.05) is 0 Å². The Kier molecular flexibility index (Phi) is 4.67. The van der Waals surface area contributed by atoms with Crippen LogP contribution in [0.15, 0.2) is 18.2 Å². The third-order valence-corrected chi connectivity index (χ3v) is 3.45. The van der Waals surface area contributed by atoms with Crippen LogP contribution in [0.4, 0.5) is 0 Å². The molecule has 2 heteroatoms. The van der Waals surface area contributed by atoms with E-state index in [1.807, 2.05) is 12.1 Å². The molecule has 2 nitrogen and oxygen atoms in total. The van der Waals surface area contributed by atoms with E-state index < -0.39 is 0 Å². The molecule has 0 amide bonds. The van der Waals surface area contributed by atoms with Crippen molar-refractivity contribution in [1.82, 2.24) is 0 Å². The highest BCUT2D eigenvalue weighted by Gasteiger charge is 2.23. The van der Waals surface area contributed by atoms with Gasteiger partial charge in [0, 0.05) is 11.1 Å². The van der Waals surface area contributed by atoms with E-state index in [0.717, 1.165) is 12.0 Å².